The van der Waals surface area contributed by atoms with Gasteiger partial charge in [-0.25, -0.2) is 14.6 Å². The summed E-state index contributed by atoms with van der Waals surface area (Å²) < 4.78 is 7.18. The number of benzene rings is 1. The van der Waals surface area contributed by atoms with Gasteiger partial charge in [0.05, 0.1) is 12.3 Å². The van der Waals surface area contributed by atoms with Crippen molar-refractivity contribution in [2.75, 3.05) is 11.9 Å². The molecule has 3 rings (SSSR count). The van der Waals surface area contributed by atoms with Gasteiger partial charge in [0.15, 0.2) is 5.82 Å². The molecule has 134 valence electrons. The fraction of sp³-hybridized carbons (Fsp3) is 0.263. The summed E-state index contributed by atoms with van der Waals surface area (Å²) >= 11 is 0. The molecule has 0 saturated heterocycles. The Morgan fingerprint density at radius 3 is 2.73 bits per heavy atom. The molecule has 1 aromatic carbocycles. The van der Waals surface area contributed by atoms with E-state index in [1.54, 1.807) is 42.6 Å². The van der Waals surface area contributed by atoms with E-state index in [0.29, 0.717) is 29.6 Å². The van der Waals surface area contributed by atoms with E-state index in [0.717, 1.165) is 12.2 Å². The lowest BCUT2D eigenvalue weighted by molar-refractivity contribution is 0.102. The van der Waals surface area contributed by atoms with Gasteiger partial charge in [0.2, 0.25) is 0 Å². The molecule has 0 atom stereocenters. The SMILES string of the molecule is CC(C)CCOc1ccc(C(=O)Nc2cccnc2-n2cncn2)cc1. The minimum absolute atomic E-state index is 0.229. The van der Waals surface area contributed by atoms with E-state index in [1.165, 1.54) is 17.3 Å². The third-order valence-corrected chi connectivity index (χ3v) is 3.75. The van der Waals surface area contributed by atoms with Crippen LogP contribution in [-0.4, -0.2) is 32.3 Å². The predicted octanol–water partition coefficient (Wildman–Crippen LogP) is 3.34. The first kappa shape index (κ1) is 17.6. The van der Waals surface area contributed by atoms with Gasteiger partial charge in [-0.15, -0.1) is 0 Å². The third-order valence-electron chi connectivity index (χ3n) is 3.75. The normalized spacial score (nSPS) is 10.7. The van der Waals surface area contributed by atoms with Gasteiger partial charge in [-0.1, -0.05) is 13.8 Å². The topological polar surface area (TPSA) is 81.9 Å². The van der Waals surface area contributed by atoms with Crippen LogP contribution in [0.25, 0.3) is 5.82 Å². The van der Waals surface area contributed by atoms with Gasteiger partial charge in [0, 0.05) is 11.8 Å². The highest BCUT2D eigenvalue weighted by molar-refractivity contribution is 6.05. The molecular weight excluding hydrogens is 330 g/mol. The van der Waals surface area contributed by atoms with Gasteiger partial charge in [-0.3, -0.25) is 4.79 Å². The molecule has 1 amide bonds. The highest BCUT2D eigenvalue weighted by atomic mass is 16.5. The standard InChI is InChI=1S/C19H21N5O2/c1-14(2)9-11-26-16-7-5-15(6-8-16)19(25)23-17-4-3-10-21-18(17)24-13-20-12-22-24/h3-8,10,12-14H,9,11H2,1-2H3,(H,23,25). The Hall–Kier alpha value is -3.22. The first-order valence-electron chi connectivity index (χ1n) is 8.47. The number of nitrogens with zero attached hydrogens (tertiary/aromatic N) is 4. The van der Waals surface area contributed by atoms with Crippen molar-refractivity contribution in [3.8, 4) is 11.6 Å². The van der Waals surface area contributed by atoms with Crippen LogP contribution in [0.4, 0.5) is 5.69 Å². The maximum absolute atomic E-state index is 12.5. The monoisotopic (exact) mass is 351 g/mol. The molecule has 2 heterocycles. The summed E-state index contributed by atoms with van der Waals surface area (Å²) in [5, 5.41) is 6.92. The highest BCUT2D eigenvalue weighted by Gasteiger charge is 2.11. The van der Waals surface area contributed by atoms with Crippen molar-refractivity contribution >= 4 is 11.6 Å². The number of carbonyl (C=O) groups is 1. The molecule has 1 N–H and O–H groups in total. The largest absolute Gasteiger partial charge is 0.494 e. The number of carbonyl (C=O) groups excluding carboxylic acids is 1. The molecule has 2 aromatic heterocycles. The van der Waals surface area contributed by atoms with Gasteiger partial charge in [-0.2, -0.15) is 5.10 Å². The van der Waals surface area contributed by atoms with Crippen LogP contribution in [0.1, 0.15) is 30.6 Å². The minimum atomic E-state index is -0.229. The summed E-state index contributed by atoms with van der Waals surface area (Å²) in [6.45, 7) is 4.98. The van der Waals surface area contributed by atoms with Crippen LogP contribution < -0.4 is 10.1 Å². The van der Waals surface area contributed by atoms with Gasteiger partial charge < -0.3 is 10.1 Å². The van der Waals surface area contributed by atoms with Crippen molar-refractivity contribution in [1.29, 1.82) is 0 Å². The summed E-state index contributed by atoms with van der Waals surface area (Å²) in [7, 11) is 0. The number of anilines is 1. The van der Waals surface area contributed by atoms with Crippen molar-refractivity contribution in [1.82, 2.24) is 19.7 Å². The fourth-order valence-corrected chi connectivity index (χ4v) is 2.30. The number of amides is 1. The summed E-state index contributed by atoms with van der Waals surface area (Å²) in [5.74, 6) is 1.63. The molecule has 7 heteroatoms. The minimum Gasteiger partial charge on any atom is -0.494 e. The molecule has 3 aromatic rings. The van der Waals surface area contributed by atoms with Crippen LogP contribution in [0.5, 0.6) is 5.75 Å². The Balaban J connectivity index is 1.67. The molecule has 0 spiro atoms. The molecule has 0 radical (unpaired) electrons. The summed E-state index contributed by atoms with van der Waals surface area (Å²) in [5.41, 5.74) is 1.09. The number of rotatable bonds is 7. The highest BCUT2D eigenvalue weighted by Crippen LogP contribution is 2.18. The third kappa shape index (κ3) is 4.44. The van der Waals surface area contributed by atoms with Crippen molar-refractivity contribution in [2.45, 2.75) is 20.3 Å². The molecule has 26 heavy (non-hydrogen) atoms. The first-order chi connectivity index (χ1) is 12.6. The van der Waals surface area contributed by atoms with Crippen molar-refractivity contribution in [2.24, 2.45) is 5.92 Å². The Kier molecular flexibility index (Phi) is 5.58. The predicted molar refractivity (Wildman–Crippen MR) is 98.5 cm³/mol. The average Bonchev–Trinajstić information content (AvgIpc) is 3.17. The van der Waals surface area contributed by atoms with Crippen LogP contribution >= 0.6 is 0 Å². The van der Waals surface area contributed by atoms with E-state index in [1.807, 2.05) is 0 Å². The quantitative estimate of drug-likeness (QED) is 0.706. The molecular formula is C19H21N5O2. The first-order valence-corrected chi connectivity index (χ1v) is 8.47. The molecule has 0 saturated carbocycles. The van der Waals surface area contributed by atoms with E-state index in [9.17, 15) is 4.79 Å². The van der Waals surface area contributed by atoms with E-state index < -0.39 is 0 Å². The van der Waals surface area contributed by atoms with Gasteiger partial charge in [-0.05, 0) is 48.7 Å². The van der Waals surface area contributed by atoms with E-state index in [4.69, 9.17) is 4.74 Å². The molecule has 0 unspecified atom stereocenters. The summed E-state index contributed by atoms with van der Waals surface area (Å²) in [6, 6.07) is 10.6. The Labute approximate surface area is 152 Å². The van der Waals surface area contributed by atoms with Gasteiger partial charge in [0.1, 0.15) is 18.4 Å². The number of hydrogen-bond acceptors (Lipinski definition) is 5. The van der Waals surface area contributed by atoms with Gasteiger partial charge >= 0.3 is 0 Å². The van der Waals surface area contributed by atoms with Crippen LogP contribution in [0.15, 0.2) is 55.2 Å². The second-order valence-electron chi connectivity index (χ2n) is 6.22. The lowest BCUT2D eigenvalue weighted by Gasteiger charge is -2.11. The zero-order chi connectivity index (χ0) is 18.4. The van der Waals surface area contributed by atoms with Gasteiger partial charge in [0.25, 0.3) is 5.91 Å². The Bertz CT molecular complexity index is 845. The molecule has 0 aliphatic rings. The van der Waals surface area contributed by atoms with Crippen LogP contribution in [-0.2, 0) is 0 Å². The van der Waals surface area contributed by atoms with Crippen LogP contribution in [0.3, 0.4) is 0 Å². The van der Waals surface area contributed by atoms with Crippen molar-refractivity contribution < 1.29 is 9.53 Å². The zero-order valence-corrected chi connectivity index (χ0v) is 14.8. The molecule has 0 aliphatic heterocycles. The Morgan fingerprint density at radius 2 is 2.04 bits per heavy atom. The number of hydrogen-bond donors (Lipinski definition) is 1. The van der Waals surface area contributed by atoms with Crippen molar-refractivity contribution in [3.63, 3.8) is 0 Å². The smallest absolute Gasteiger partial charge is 0.255 e. The fourth-order valence-electron chi connectivity index (χ4n) is 2.30. The molecule has 0 aliphatic carbocycles. The van der Waals surface area contributed by atoms with E-state index in [2.05, 4.69) is 34.2 Å². The Morgan fingerprint density at radius 1 is 1.23 bits per heavy atom. The van der Waals surface area contributed by atoms with Crippen LogP contribution in [0.2, 0.25) is 0 Å². The molecule has 0 bridgehead atoms. The zero-order valence-electron chi connectivity index (χ0n) is 14.8. The maximum atomic E-state index is 12.5. The van der Waals surface area contributed by atoms with Crippen molar-refractivity contribution in [3.05, 3.63) is 60.8 Å². The number of ether oxygens (including phenoxy) is 1. The van der Waals surface area contributed by atoms with E-state index in [-0.39, 0.29) is 5.91 Å². The number of pyridine rings is 1. The second kappa shape index (κ2) is 8.24. The lowest BCUT2D eigenvalue weighted by Crippen LogP contribution is -2.14. The molecule has 7 nitrogen and oxygen atoms in total. The summed E-state index contributed by atoms with van der Waals surface area (Å²) in [4.78, 5) is 20.7. The number of nitrogens with one attached hydrogen (secondary N) is 1. The maximum Gasteiger partial charge on any atom is 0.255 e. The second-order valence-corrected chi connectivity index (χ2v) is 6.22. The van der Waals surface area contributed by atoms with E-state index >= 15 is 0 Å². The summed E-state index contributed by atoms with van der Waals surface area (Å²) in [6.07, 6.45) is 5.57. The molecule has 0 fully saturated rings. The number of aromatic nitrogens is 4. The van der Waals surface area contributed by atoms with Crippen LogP contribution in [0, 0.1) is 5.92 Å². The average molecular weight is 351 g/mol. The lowest BCUT2D eigenvalue weighted by atomic mass is 10.1.